The Morgan fingerprint density at radius 3 is 2.44 bits per heavy atom. The maximum absolute atomic E-state index is 12.6. The number of pyridine rings is 2. The van der Waals surface area contributed by atoms with Crippen molar-refractivity contribution in [1.29, 1.82) is 0 Å². The van der Waals surface area contributed by atoms with Crippen LogP contribution in [0.5, 0.6) is 0 Å². The Morgan fingerprint density at radius 2 is 1.89 bits per heavy atom. The summed E-state index contributed by atoms with van der Waals surface area (Å²) >= 11 is 3.06. The minimum atomic E-state index is -4.70. The third kappa shape index (κ3) is 2.31. The van der Waals surface area contributed by atoms with Crippen LogP contribution >= 0.6 is 15.9 Å². The lowest BCUT2D eigenvalue weighted by Gasteiger charge is -2.11. The zero-order chi connectivity index (χ0) is 13.3. The predicted molar refractivity (Wildman–Crippen MR) is 61.3 cm³/mol. The summed E-state index contributed by atoms with van der Waals surface area (Å²) in [6, 6.07) is 6.58. The Kier molecular flexibility index (Phi) is 3.25. The summed E-state index contributed by atoms with van der Waals surface area (Å²) in [5, 5.41) is 11.8. The van der Waals surface area contributed by atoms with Crippen molar-refractivity contribution < 1.29 is 17.9 Å². The van der Waals surface area contributed by atoms with Gasteiger partial charge >= 0.3 is 6.18 Å². The number of halogens is 4. The van der Waals surface area contributed by atoms with E-state index in [4.69, 9.17) is 0 Å². The van der Waals surface area contributed by atoms with Crippen LogP contribution in [-0.2, 0) is 6.18 Å². The van der Waals surface area contributed by atoms with Gasteiger partial charge in [0.2, 0.25) is 0 Å². The van der Waals surface area contributed by atoms with E-state index in [1.165, 1.54) is 18.3 Å². The monoisotopic (exact) mass is 318 g/mol. The molecule has 0 aliphatic rings. The minimum Gasteiger partial charge on any atom is -0.618 e. The minimum absolute atomic E-state index is 0.160. The van der Waals surface area contributed by atoms with Crippen molar-refractivity contribution in [3.63, 3.8) is 0 Å². The molecule has 0 bridgehead atoms. The second-order valence-electron chi connectivity index (χ2n) is 3.42. The number of nitrogens with zero attached hydrogens (tertiary/aromatic N) is 2. The van der Waals surface area contributed by atoms with Gasteiger partial charge in [0.25, 0.3) is 11.4 Å². The predicted octanol–water partition coefficient (Wildman–Crippen LogP) is 3.16. The zero-order valence-corrected chi connectivity index (χ0v) is 10.4. The van der Waals surface area contributed by atoms with Crippen molar-refractivity contribution in [3.8, 4) is 11.4 Å². The maximum Gasteiger partial charge on any atom is 0.478 e. The molecule has 0 aromatic carbocycles. The maximum atomic E-state index is 12.6. The van der Waals surface area contributed by atoms with E-state index < -0.39 is 11.9 Å². The molecular formula is C11H6BrF3N2O. The smallest absolute Gasteiger partial charge is 0.478 e. The van der Waals surface area contributed by atoms with Crippen molar-refractivity contribution in [2.24, 2.45) is 0 Å². The van der Waals surface area contributed by atoms with Gasteiger partial charge in [0.1, 0.15) is 5.69 Å². The SMILES string of the molecule is [O-][n+]1c(C(F)(F)F)ccc(Br)c1-c1ccccn1. The summed E-state index contributed by atoms with van der Waals surface area (Å²) < 4.78 is 38.0. The van der Waals surface area contributed by atoms with Crippen LogP contribution in [0.1, 0.15) is 5.69 Å². The fraction of sp³-hybridized carbons (Fsp3) is 0.0909. The quantitative estimate of drug-likeness (QED) is 0.598. The molecular weight excluding hydrogens is 313 g/mol. The van der Waals surface area contributed by atoms with E-state index in [1.807, 2.05) is 0 Å². The average molecular weight is 319 g/mol. The van der Waals surface area contributed by atoms with Crippen LogP contribution in [0.15, 0.2) is 41.0 Å². The highest BCUT2D eigenvalue weighted by Gasteiger charge is 2.41. The van der Waals surface area contributed by atoms with Crippen molar-refractivity contribution in [2.75, 3.05) is 0 Å². The summed E-state index contributed by atoms with van der Waals surface area (Å²) in [5.41, 5.74) is -1.26. The largest absolute Gasteiger partial charge is 0.618 e. The summed E-state index contributed by atoms with van der Waals surface area (Å²) in [7, 11) is 0. The van der Waals surface area contributed by atoms with Crippen LogP contribution in [0.2, 0.25) is 0 Å². The summed E-state index contributed by atoms with van der Waals surface area (Å²) in [6.45, 7) is 0. The van der Waals surface area contributed by atoms with E-state index in [1.54, 1.807) is 12.1 Å². The molecule has 0 atom stereocenters. The highest BCUT2D eigenvalue weighted by molar-refractivity contribution is 9.10. The van der Waals surface area contributed by atoms with Gasteiger partial charge in [-0.1, -0.05) is 6.07 Å². The second kappa shape index (κ2) is 4.56. The molecule has 0 saturated carbocycles. The second-order valence-corrected chi connectivity index (χ2v) is 4.28. The van der Waals surface area contributed by atoms with Gasteiger partial charge in [-0.25, -0.2) is 4.98 Å². The first-order valence-electron chi connectivity index (χ1n) is 4.82. The van der Waals surface area contributed by atoms with E-state index in [-0.39, 0.29) is 20.6 Å². The van der Waals surface area contributed by atoms with Gasteiger partial charge in [0, 0.05) is 12.3 Å². The van der Waals surface area contributed by atoms with Crippen molar-refractivity contribution in [1.82, 2.24) is 4.98 Å². The van der Waals surface area contributed by atoms with E-state index >= 15 is 0 Å². The number of rotatable bonds is 1. The Balaban J connectivity index is 2.68. The fourth-order valence-corrected chi connectivity index (χ4v) is 1.95. The van der Waals surface area contributed by atoms with E-state index in [0.717, 1.165) is 6.07 Å². The summed E-state index contributed by atoms with van der Waals surface area (Å²) in [5.74, 6) is 0. The molecule has 0 unspecified atom stereocenters. The van der Waals surface area contributed by atoms with E-state index in [0.29, 0.717) is 0 Å². The van der Waals surface area contributed by atoms with Crippen LogP contribution in [0.3, 0.4) is 0 Å². The van der Waals surface area contributed by atoms with Gasteiger partial charge in [-0.2, -0.15) is 17.9 Å². The molecule has 3 nitrogen and oxygen atoms in total. The van der Waals surface area contributed by atoms with Gasteiger partial charge in [0.05, 0.1) is 4.47 Å². The molecule has 0 N–H and O–H groups in total. The third-order valence-corrected chi connectivity index (χ3v) is 2.87. The van der Waals surface area contributed by atoms with Crippen molar-refractivity contribution in [3.05, 3.63) is 51.9 Å². The molecule has 0 radical (unpaired) electrons. The zero-order valence-electron chi connectivity index (χ0n) is 8.78. The van der Waals surface area contributed by atoms with Gasteiger partial charge in [-0.3, -0.25) is 0 Å². The Morgan fingerprint density at radius 1 is 1.17 bits per heavy atom. The van der Waals surface area contributed by atoms with Crippen LogP contribution in [0.25, 0.3) is 11.4 Å². The molecule has 0 spiro atoms. The molecule has 0 aliphatic carbocycles. The Hall–Kier alpha value is -1.63. The van der Waals surface area contributed by atoms with Gasteiger partial charge < -0.3 is 5.21 Å². The first-order chi connectivity index (χ1) is 8.41. The summed E-state index contributed by atoms with van der Waals surface area (Å²) in [6.07, 6.45) is -3.30. The highest BCUT2D eigenvalue weighted by Crippen LogP contribution is 2.30. The van der Waals surface area contributed by atoms with Crippen molar-refractivity contribution in [2.45, 2.75) is 6.18 Å². The fourth-order valence-electron chi connectivity index (χ4n) is 1.46. The lowest BCUT2D eigenvalue weighted by atomic mass is 10.2. The van der Waals surface area contributed by atoms with Crippen LogP contribution in [-0.4, -0.2) is 4.98 Å². The van der Waals surface area contributed by atoms with Gasteiger partial charge in [-0.15, -0.1) is 0 Å². The van der Waals surface area contributed by atoms with E-state index in [2.05, 4.69) is 20.9 Å². The third-order valence-electron chi connectivity index (χ3n) is 2.23. The standard InChI is InChI=1S/C11H6BrF3N2O/c12-7-4-5-9(11(13,14)15)17(18)10(7)8-3-1-2-6-16-8/h1-6H. The van der Waals surface area contributed by atoms with Gasteiger partial charge in [-0.05, 0) is 34.1 Å². The molecule has 2 aromatic heterocycles. The lowest BCUT2D eigenvalue weighted by Crippen LogP contribution is -2.39. The number of hydrogen-bond acceptors (Lipinski definition) is 2. The number of aromatic nitrogens is 2. The van der Waals surface area contributed by atoms with Crippen LogP contribution in [0, 0.1) is 5.21 Å². The number of hydrogen-bond donors (Lipinski definition) is 0. The molecule has 18 heavy (non-hydrogen) atoms. The average Bonchev–Trinajstić information content (AvgIpc) is 2.28. The van der Waals surface area contributed by atoms with Crippen LogP contribution < -0.4 is 4.73 Å². The number of alkyl halides is 3. The molecule has 0 aliphatic heterocycles. The van der Waals surface area contributed by atoms with Crippen molar-refractivity contribution >= 4 is 15.9 Å². The molecule has 7 heteroatoms. The lowest BCUT2D eigenvalue weighted by molar-refractivity contribution is -0.618. The molecule has 0 amide bonds. The first kappa shape index (κ1) is 12.8. The normalized spacial score (nSPS) is 11.6. The first-order valence-corrected chi connectivity index (χ1v) is 5.61. The molecule has 0 fully saturated rings. The molecule has 0 saturated heterocycles. The Labute approximate surface area is 109 Å². The van der Waals surface area contributed by atoms with Gasteiger partial charge in [0.15, 0.2) is 0 Å². The van der Waals surface area contributed by atoms with Crippen LogP contribution in [0.4, 0.5) is 13.2 Å². The molecule has 2 rings (SSSR count). The molecule has 2 aromatic rings. The molecule has 2 heterocycles. The summed E-state index contributed by atoms with van der Waals surface area (Å²) in [4.78, 5) is 3.88. The Bertz CT molecular complexity index is 572. The topological polar surface area (TPSA) is 39.8 Å². The highest BCUT2D eigenvalue weighted by atomic mass is 79.9. The molecule has 94 valence electrons. The van der Waals surface area contributed by atoms with E-state index in [9.17, 15) is 18.4 Å².